The van der Waals surface area contributed by atoms with Gasteiger partial charge in [-0.1, -0.05) is 60.1 Å². The van der Waals surface area contributed by atoms with Gasteiger partial charge in [-0.25, -0.2) is 0 Å². The summed E-state index contributed by atoms with van der Waals surface area (Å²) in [6, 6.07) is 25.7. The number of thiocarbonyl (C=S) groups is 1. The van der Waals surface area contributed by atoms with Crippen LogP contribution < -0.4 is 10.2 Å². The molecule has 3 aromatic rings. The summed E-state index contributed by atoms with van der Waals surface area (Å²) in [5.41, 5.74) is 2.57. The fraction of sp³-hybridized carbons (Fsp3) is 0.192. The molecule has 2 amide bonds. The van der Waals surface area contributed by atoms with Crippen LogP contribution in [0.25, 0.3) is 0 Å². The van der Waals surface area contributed by atoms with Crippen molar-refractivity contribution in [2.75, 3.05) is 16.8 Å². The summed E-state index contributed by atoms with van der Waals surface area (Å²) < 4.78 is 0. The van der Waals surface area contributed by atoms with Gasteiger partial charge in [0.1, 0.15) is 6.04 Å². The van der Waals surface area contributed by atoms with E-state index in [9.17, 15) is 9.59 Å². The first-order valence-electron chi connectivity index (χ1n) is 10.8. The smallest absolute Gasteiger partial charge is 0.256 e. The van der Waals surface area contributed by atoms with Crippen LogP contribution >= 0.6 is 23.8 Å². The molecule has 0 aliphatic carbocycles. The van der Waals surface area contributed by atoms with E-state index in [0.29, 0.717) is 28.1 Å². The van der Waals surface area contributed by atoms with E-state index in [1.54, 1.807) is 24.3 Å². The standard InChI is InChI=1S/C26H24ClN3O2S/c27-20-13-15-21(16-14-20)28-24(31)18-23-25(32)30(22-11-5-2-6-12-22)26(33)29(23)17-7-10-19-8-3-1-4-9-19/h1-6,8-9,11-16,23H,7,10,17-18H2,(H,28,31)/t23-/m0/s1. The fourth-order valence-corrected chi connectivity index (χ4v) is 4.46. The number of aryl methyl sites for hydroxylation is 1. The molecule has 4 rings (SSSR count). The molecule has 1 fully saturated rings. The van der Waals surface area contributed by atoms with Crippen molar-refractivity contribution in [3.63, 3.8) is 0 Å². The Morgan fingerprint density at radius 2 is 1.58 bits per heavy atom. The lowest BCUT2D eigenvalue weighted by atomic mass is 10.1. The van der Waals surface area contributed by atoms with E-state index < -0.39 is 6.04 Å². The molecule has 0 unspecified atom stereocenters. The summed E-state index contributed by atoms with van der Waals surface area (Å²) in [6.45, 7) is 0.585. The van der Waals surface area contributed by atoms with Crippen molar-refractivity contribution in [1.82, 2.24) is 4.90 Å². The summed E-state index contributed by atoms with van der Waals surface area (Å²) in [6.07, 6.45) is 1.69. The van der Waals surface area contributed by atoms with Crippen LogP contribution in [0.3, 0.4) is 0 Å². The summed E-state index contributed by atoms with van der Waals surface area (Å²) >= 11 is 11.6. The second-order valence-corrected chi connectivity index (χ2v) is 8.65. The zero-order valence-corrected chi connectivity index (χ0v) is 19.6. The Hall–Kier alpha value is -3.22. The molecule has 1 aliphatic heterocycles. The van der Waals surface area contributed by atoms with Crippen LogP contribution in [0.2, 0.25) is 5.02 Å². The van der Waals surface area contributed by atoms with Gasteiger partial charge in [0.25, 0.3) is 5.91 Å². The summed E-state index contributed by atoms with van der Waals surface area (Å²) in [4.78, 5) is 29.6. The zero-order chi connectivity index (χ0) is 23.2. The predicted molar refractivity (Wildman–Crippen MR) is 136 cm³/mol. The lowest BCUT2D eigenvalue weighted by Gasteiger charge is -2.24. The second kappa shape index (κ2) is 10.6. The fourth-order valence-electron chi connectivity index (χ4n) is 3.92. The van der Waals surface area contributed by atoms with Crippen molar-refractivity contribution in [2.24, 2.45) is 0 Å². The zero-order valence-electron chi connectivity index (χ0n) is 18.0. The molecule has 0 bridgehead atoms. The Kier molecular flexibility index (Phi) is 7.37. The number of benzene rings is 3. The number of anilines is 2. The average Bonchev–Trinajstić information content (AvgIpc) is 3.05. The number of halogens is 1. The number of nitrogens with zero attached hydrogens (tertiary/aromatic N) is 2. The lowest BCUT2D eigenvalue weighted by Crippen LogP contribution is -2.38. The number of amides is 2. The van der Waals surface area contributed by atoms with Crippen LogP contribution in [0.15, 0.2) is 84.9 Å². The minimum Gasteiger partial charge on any atom is -0.336 e. The van der Waals surface area contributed by atoms with Crippen LogP contribution in [-0.4, -0.2) is 34.4 Å². The molecule has 0 saturated carbocycles. The first kappa shape index (κ1) is 23.0. The molecule has 0 spiro atoms. The van der Waals surface area contributed by atoms with Gasteiger partial charge in [0, 0.05) is 17.3 Å². The molecule has 5 nitrogen and oxygen atoms in total. The molecule has 1 N–H and O–H groups in total. The largest absolute Gasteiger partial charge is 0.336 e. The van der Waals surface area contributed by atoms with E-state index in [0.717, 1.165) is 12.8 Å². The quantitative estimate of drug-likeness (QED) is 0.447. The van der Waals surface area contributed by atoms with Gasteiger partial charge < -0.3 is 10.2 Å². The van der Waals surface area contributed by atoms with Crippen LogP contribution in [0.4, 0.5) is 11.4 Å². The van der Waals surface area contributed by atoms with Crippen LogP contribution in [-0.2, 0) is 16.0 Å². The van der Waals surface area contributed by atoms with Gasteiger partial charge in [-0.05, 0) is 67.0 Å². The van der Waals surface area contributed by atoms with E-state index in [4.69, 9.17) is 23.8 Å². The van der Waals surface area contributed by atoms with Crippen LogP contribution in [0, 0.1) is 0 Å². The van der Waals surface area contributed by atoms with E-state index in [1.165, 1.54) is 10.5 Å². The number of hydrogen-bond acceptors (Lipinski definition) is 3. The highest BCUT2D eigenvalue weighted by molar-refractivity contribution is 7.80. The molecule has 7 heteroatoms. The lowest BCUT2D eigenvalue weighted by molar-refractivity contribution is -0.124. The Morgan fingerprint density at radius 3 is 2.24 bits per heavy atom. The number of nitrogens with one attached hydrogen (secondary N) is 1. The minimum atomic E-state index is -0.652. The minimum absolute atomic E-state index is 0.0102. The first-order chi connectivity index (χ1) is 16.0. The highest BCUT2D eigenvalue weighted by Crippen LogP contribution is 2.28. The van der Waals surface area contributed by atoms with Gasteiger partial charge in [0.2, 0.25) is 5.91 Å². The van der Waals surface area contributed by atoms with E-state index in [-0.39, 0.29) is 18.2 Å². The molecule has 3 aromatic carbocycles. The highest BCUT2D eigenvalue weighted by Gasteiger charge is 2.43. The van der Waals surface area contributed by atoms with Crippen LogP contribution in [0.5, 0.6) is 0 Å². The van der Waals surface area contributed by atoms with Gasteiger partial charge in [-0.15, -0.1) is 0 Å². The SMILES string of the molecule is O=C(C[C@H]1C(=O)N(c2ccccc2)C(=S)N1CCCc1ccccc1)Nc1ccc(Cl)cc1. The summed E-state index contributed by atoms with van der Waals surface area (Å²) in [5.74, 6) is -0.432. The average molecular weight is 478 g/mol. The van der Waals surface area contributed by atoms with Crippen molar-refractivity contribution in [2.45, 2.75) is 25.3 Å². The predicted octanol–water partition coefficient (Wildman–Crippen LogP) is 5.30. The number of carbonyl (C=O) groups excluding carboxylic acids is 2. The number of hydrogen-bond donors (Lipinski definition) is 1. The molecular formula is C26H24ClN3O2S. The van der Waals surface area contributed by atoms with E-state index in [1.807, 2.05) is 53.4 Å². The molecule has 1 saturated heterocycles. The maximum atomic E-state index is 13.4. The monoisotopic (exact) mass is 477 g/mol. The third-order valence-corrected chi connectivity index (χ3v) is 6.22. The molecule has 168 valence electrons. The van der Waals surface area contributed by atoms with Crippen molar-refractivity contribution in [3.05, 3.63) is 95.5 Å². The van der Waals surface area contributed by atoms with Gasteiger partial charge >= 0.3 is 0 Å². The summed E-state index contributed by atoms with van der Waals surface area (Å²) in [7, 11) is 0. The Balaban J connectivity index is 1.49. The van der Waals surface area contributed by atoms with E-state index >= 15 is 0 Å². The third-order valence-electron chi connectivity index (χ3n) is 5.55. The molecule has 1 aliphatic rings. The molecule has 0 radical (unpaired) electrons. The maximum Gasteiger partial charge on any atom is 0.256 e. The second-order valence-electron chi connectivity index (χ2n) is 7.85. The Labute approximate surface area is 204 Å². The van der Waals surface area contributed by atoms with Gasteiger partial charge in [-0.2, -0.15) is 0 Å². The van der Waals surface area contributed by atoms with E-state index in [2.05, 4.69) is 17.4 Å². The normalized spacial score (nSPS) is 15.7. The van der Waals surface area contributed by atoms with Crippen molar-refractivity contribution >= 4 is 52.1 Å². The molecular weight excluding hydrogens is 454 g/mol. The number of carbonyl (C=O) groups is 2. The van der Waals surface area contributed by atoms with Gasteiger partial charge in [0.15, 0.2) is 5.11 Å². The highest BCUT2D eigenvalue weighted by atomic mass is 35.5. The van der Waals surface area contributed by atoms with Crippen molar-refractivity contribution in [1.29, 1.82) is 0 Å². The Morgan fingerprint density at radius 1 is 0.939 bits per heavy atom. The van der Waals surface area contributed by atoms with Gasteiger partial charge in [-0.3, -0.25) is 14.5 Å². The maximum absolute atomic E-state index is 13.4. The Bertz CT molecular complexity index is 1120. The topological polar surface area (TPSA) is 52.7 Å². The third kappa shape index (κ3) is 5.59. The number of para-hydroxylation sites is 1. The van der Waals surface area contributed by atoms with Crippen molar-refractivity contribution in [3.8, 4) is 0 Å². The molecule has 1 heterocycles. The molecule has 33 heavy (non-hydrogen) atoms. The number of rotatable bonds is 8. The molecule has 1 atom stereocenters. The van der Waals surface area contributed by atoms with Crippen LogP contribution in [0.1, 0.15) is 18.4 Å². The van der Waals surface area contributed by atoms with Crippen molar-refractivity contribution < 1.29 is 9.59 Å². The molecule has 0 aromatic heterocycles. The van der Waals surface area contributed by atoms with Gasteiger partial charge in [0.05, 0.1) is 12.1 Å². The summed E-state index contributed by atoms with van der Waals surface area (Å²) in [5, 5.41) is 3.87. The first-order valence-corrected chi connectivity index (χ1v) is 11.6.